The third-order valence-electron chi connectivity index (χ3n) is 4.95. The largest absolute Gasteiger partial charge is 0.505 e. The lowest BCUT2D eigenvalue weighted by atomic mass is 9.72. The van der Waals surface area contributed by atoms with Gasteiger partial charge in [-0.25, -0.2) is 4.99 Å². The van der Waals surface area contributed by atoms with Crippen LogP contribution < -0.4 is 0 Å². The Labute approximate surface area is 167 Å². The molecule has 0 fully saturated rings. The minimum absolute atomic E-state index is 0.136. The van der Waals surface area contributed by atoms with Crippen LogP contribution in [0.2, 0.25) is 10.0 Å². The number of phenols is 1. The van der Waals surface area contributed by atoms with E-state index in [4.69, 9.17) is 23.2 Å². The molecule has 1 N–H and O–H groups in total. The van der Waals surface area contributed by atoms with Crippen LogP contribution in [0.25, 0.3) is 0 Å². The van der Waals surface area contributed by atoms with Crippen LogP contribution >= 0.6 is 34.5 Å². The van der Waals surface area contributed by atoms with Crippen LogP contribution in [0.15, 0.2) is 17.1 Å². The highest BCUT2D eigenvalue weighted by Crippen LogP contribution is 2.45. The monoisotopic (exact) mass is 406 g/mol. The molecule has 1 atom stereocenters. The van der Waals surface area contributed by atoms with Crippen molar-refractivity contribution in [1.29, 1.82) is 5.26 Å². The van der Waals surface area contributed by atoms with E-state index < -0.39 is 0 Å². The highest BCUT2D eigenvalue weighted by atomic mass is 35.5. The predicted molar refractivity (Wildman–Crippen MR) is 109 cm³/mol. The van der Waals surface area contributed by atoms with Gasteiger partial charge in [0, 0.05) is 11.1 Å². The molecule has 1 aromatic heterocycles. The Morgan fingerprint density at radius 3 is 2.54 bits per heavy atom. The van der Waals surface area contributed by atoms with Gasteiger partial charge in [-0.3, -0.25) is 0 Å². The van der Waals surface area contributed by atoms with E-state index in [0.29, 0.717) is 17.0 Å². The molecule has 1 heterocycles. The molecule has 0 saturated carbocycles. The van der Waals surface area contributed by atoms with E-state index in [9.17, 15) is 10.4 Å². The minimum Gasteiger partial charge on any atom is -0.505 e. The number of halogens is 2. The van der Waals surface area contributed by atoms with Gasteiger partial charge in [0.1, 0.15) is 11.1 Å². The Bertz CT molecular complexity index is 896. The highest BCUT2D eigenvalue weighted by molar-refractivity contribution is 7.16. The second-order valence-electron chi connectivity index (χ2n) is 7.69. The van der Waals surface area contributed by atoms with Crippen LogP contribution in [0, 0.1) is 22.7 Å². The van der Waals surface area contributed by atoms with Gasteiger partial charge in [0.15, 0.2) is 5.75 Å². The van der Waals surface area contributed by atoms with Crippen molar-refractivity contribution in [2.24, 2.45) is 16.3 Å². The summed E-state index contributed by atoms with van der Waals surface area (Å²) < 4.78 is 0. The summed E-state index contributed by atoms with van der Waals surface area (Å²) >= 11 is 13.5. The smallest absolute Gasteiger partial charge is 0.152 e. The Balaban J connectivity index is 1.93. The van der Waals surface area contributed by atoms with Crippen molar-refractivity contribution in [2.75, 3.05) is 0 Å². The Morgan fingerprint density at radius 1 is 1.31 bits per heavy atom. The van der Waals surface area contributed by atoms with Crippen LogP contribution in [0.4, 0.5) is 5.00 Å². The van der Waals surface area contributed by atoms with Crippen LogP contribution in [0.5, 0.6) is 5.75 Å². The van der Waals surface area contributed by atoms with Crippen LogP contribution in [0.3, 0.4) is 0 Å². The third-order valence-corrected chi connectivity index (χ3v) is 6.69. The second-order valence-corrected chi connectivity index (χ2v) is 9.59. The normalized spacial score (nSPS) is 17.3. The summed E-state index contributed by atoms with van der Waals surface area (Å²) in [4.78, 5) is 5.80. The first kappa shape index (κ1) is 19.2. The third kappa shape index (κ3) is 3.76. The summed E-state index contributed by atoms with van der Waals surface area (Å²) in [6.45, 7) is 6.83. The lowest BCUT2D eigenvalue weighted by molar-refractivity contribution is 0.218. The molecule has 26 heavy (non-hydrogen) atoms. The zero-order valence-corrected chi connectivity index (χ0v) is 17.3. The number of fused-ring (bicyclic) bond motifs is 1. The Kier molecular flexibility index (Phi) is 5.35. The van der Waals surface area contributed by atoms with Gasteiger partial charge in [-0.1, -0.05) is 44.0 Å². The van der Waals surface area contributed by atoms with E-state index in [2.05, 4.69) is 31.8 Å². The molecule has 1 aliphatic rings. The predicted octanol–water partition coefficient (Wildman–Crippen LogP) is 6.53. The molecule has 3 rings (SSSR count). The van der Waals surface area contributed by atoms with Crippen molar-refractivity contribution in [1.82, 2.24) is 0 Å². The van der Waals surface area contributed by atoms with E-state index in [1.807, 2.05) is 0 Å². The molecule has 2 aromatic rings. The fourth-order valence-electron chi connectivity index (χ4n) is 3.31. The number of phenolic OH excluding ortho intramolecular Hbond substituents is 1. The van der Waals surface area contributed by atoms with E-state index in [1.54, 1.807) is 29.7 Å². The number of hydrogen-bond donors (Lipinski definition) is 1. The number of hydrogen-bond acceptors (Lipinski definition) is 4. The second kappa shape index (κ2) is 7.23. The summed E-state index contributed by atoms with van der Waals surface area (Å²) in [6.07, 6.45) is 4.68. The maximum atomic E-state index is 9.65. The van der Waals surface area contributed by atoms with E-state index >= 15 is 0 Å². The molecule has 0 bridgehead atoms. The summed E-state index contributed by atoms with van der Waals surface area (Å²) in [5.74, 6) is 0.481. The van der Waals surface area contributed by atoms with Crippen LogP contribution in [0.1, 0.15) is 48.8 Å². The van der Waals surface area contributed by atoms with E-state index in [0.717, 1.165) is 29.8 Å². The Hall–Kier alpha value is -1.54. The van der Waals surface area contributed by atoms with Crippen molar-refractivity contribution >= 4 is 45.8 Å². The first-order valence-corrected chi connectivity index (χ1v) is 10.0. The van der Waals surface area contributed by atoms with Crippen molar-refractivity contribution in [3.63, 3.8) is 0 Å². The quantitative estimate of drug-likeness (QED) is 0.575. The van der Waals surface area contributed by atoms with Gasteiger partial charge in [0.05, 0.1) is 15.6 Å². The van der Waals surface area contributed by atoms with Crippen LogP contribution in [-0.4, -0.2) is 11.3 Å². The lowest BCUT2D eigenvalue weighted by Gasteiger charge is -2.33. The van der Waals surface area contributed by atoms with Gasteiger partial charge in [0.2, 0.25) is 0 Å². The van der Waals surface area contributed by atoms with Crippen molar-refractivity contribution in [2.45, 2.75) is 40.0 Å². The van der Waals surface area contributed by atoms with E-state index in [1.165, 1.54) is 4.88 Å². The number of rotatable bonds is 2. The van der Waals surface area contributed by atoms with Gasteiger partial charge >= 0.3 is 0 Å². The molecule has 1 aliphatic carbocycles. The van der Waals surface area contributed by atoms with Gasteiger partial charge in [0.25, 0.3) is 0 Å². The molecule has 0 saturated heterocycles. The highest BCUT2D eigenvalue weighted by Gasteiger charge is 2.32. The lowest BCUT2D eigenvalue weighted by Crippen LogP contribution is -2.26. The summed E-state index contributed by atoms with van der Waals surface area (Å²) in [6, 6.07) is 5.53. The minimum atomic E-state index is -0.136. The van der Waals surface area contributed by atoms with Crippen molar-refractivity contribution in [3.8, 4) is 11.8 Å². The zero-order valence-electron chi connectivity index (χ0n) is 14.9. The van der Waals surface area contributed by atoms with Gasteiger partial charge < -0.3 is 5.11 Å². The maximum Gasteiger partial charge on any atom is 0.152 e. The zero-order chi connectivity index (χ0) is 19.1. The fourth-order valence-corrected chi connectivity index (χ4v) is 5.04. The average Bonchev–Trinajstić information content (AvgIpc) is 2.93. The SMILES string of the molecule is CC(C)(C)[C@@H]1CCc2c(sc(N=Cc3cc(Cl)c(O)c(Cl)c3)c2C#N)C1. The molecule has 0 unspecified atom stereocenters. The summed E-state index contributed by atoms with van der Waals surface area (Å²) in [5, 5.41) is 20.4. The number of aliphatic imine (C=N–C) groups is 1. The number of thiophene rings is 1. The molecule has 0 aliphatic heterocycles. The molecule has 0 spiro atoms. The molecular weight excluding hydrogens is 387 g/mol. The Morgan fingerprint density at radius 2 is 1.96 bits per heavy atom. The molecule has 136 valence electrons. The number of aromatic hydroxyl groups is 1. The standard InChI is InChI=1S/C20H20Cl2N2OS/c1-20(2,3)12-4-5-13-14(9-23)19(26-17(13)8-12)24-10-11-6-15(21)18(25)16(22)7-11/h6-7,10,12,25H,4-5,8H2,1-3H3/t12-/m1/s1. The first-order chi connectivity index (χ1) is 12.2. The number of benzene rings is 1. The van der Waals surface area contributed by atoms with Crippen molar-refractivity contribution in [3.05, 3.63) is 43.7 Å². The molecule has 6 heteroatoms. The number of nitrogens with zero attached hydrogens (tertiary/aromatic N) is 2. The molecule has 1 aromatic carbocycles. The molecule has 0 radical (unpaired) electrons. The van der Waals surface area contributed by atoms with Crippen LogP contribution in [-0.2, 0) is 12.8 Å². The molecular formula is C20H20Cl2N2OS. The fraction of sp³-hybridized carbons (Fsp3) is 0.400. The first-order valence-electron chi connectivity index (χ1n) is 8.47. The molecule has 3 nitrogen and oxygen atoms in total. The van der Waals surface area contributed by atoms with Crippen molar-refractivity contribution < 1.29 is 5.11 Å². The van der Waals surface area contributed by atoms with Gasteiger partial charge in [-0.05, 0) is 53.9 Å². The average molecular weight is 407 g/mol. The van der Waals surface area contributed by atoms with Gasteiger partial charge in [-0.2, -0.15) is 5.26 Å². The maximum absolute atomic E-state index is 9.65. The summed E-state index contributed by atoms with van der Waals surface area (Å²) in [5.41, 5.74) is 2.79. The molecule has 0 amide bonds. The van der Waals surface area contributed by atoms with Gasteiger partial charge in [-0.15, -0.1) is 11.3 Å². The topological polar surface area (TPSA) is 56.4 Å². The van der Waals surface area contributed by atoms with E-state index in [-0.39, 0.29) is 21.2 Å². The number of nitriles is 1. The summed E-state index contributed by atoms with van der Waals surface area (Å²) in [7, 11) is 0.